The van der Waals surface area contributed by atoms with Gasteiger partial charge in [0.2, 0.25) is 0 Å². The van der Waals surface area contributed by atoms with E-state index in [1.807, 2.05) is 12.1 Å². The zero-order chi connectivity index (χ0) is 14.7. The van der Waals surface area contributed by atoms with E-state index < -0.39 is 0 Å². The van der Waals surface area contributed by atoms with Crippen molar-refractivity contribution in [1.82, 2.24) is 14.7 Å². The fraction of sp³-hybridized carbons (Fsp3) is 0.412. The van der Waals surface area contributed by atoms with E-state index in [0.29, 0.717) is 0 Å². The molecule has 2 aliphatic heterocycles. The standard InChI is InChI=1S/C17H22FN3/c1-19-10-12-21(13-11-19)17-6-8-20(9-7-17)14-15-2-4-16(18)5-3-15/h2-8H,9-14H2,1H3. The van der Waals surface area contributed by atoms with Gasteiger partial charge in [0.1, 0.15) is 5.82 Å². The second kappa shape index (κ2) is 6.31. The van der Waals surface area contributed by atoms with Gasteiger partial charge in [-0.25, -0.2) is 4.39 Å². The molecule has 0 saturated carbocycles. The number of hydrogen-bond acceptors (Lipinski definition) is 3. The summed E-state index contributed by atoms with van der Waals surface area (Å²) in [5.74, 6) is -0.176. The minimum absolute atomic E-state index is 0.176. The van der Waals surface area contributed by atoms with Crippen LogP contribution < -0.4 is 0 Å². The number of allylic oxidation sites excluding steroid dienone is 1. The fourth-order valence-electron chi connectivity index (χ4n) is 2.76. The first-order valence-electron chi connectivity index (χ1n) is 7.51. The van der Waals surface area contributed by atoms with Crippen LogP contribution in [0.5, 0.6) is 0 Å². The van der Waals surface area contributed by atoms with Crippen molar-refractivity contribution in [2.75, 3.05) is 39.8 Å². The highest BCUT2D eigenvalue weighted by Gasteiger charge is 2.16. The van der Waals surface area contributed by atoms with E-state index in [1.165, 1.54) is 17.8 Å². The maximum atomic E-state index is 12.9. The summed E-state index contributed by atoms with van der Waals surface area (Å²) in [4.78, 5) is 7.06. The van der Waals surface area contributed by atoms with Crippen LogP contribution in [-0.4, -0.2) is 54.5 Å². The number of hydrogen-bond donors (Lipinski definition) is 0. The van der Waals surface area contributed by atoms with E-state index >= 15 is 0 Å². The van der Waals surface area contributed by atoms with E-state index in [9.17, 15) is 4.39 Å². The number of piperazine rings is 1. The molecular formula is C17H22FN3. The van der Waals surface area contributed by atoms with Gasteiger partial charge in [0, 0.05) is 51.2 Å². The van der Waals surface area contributed by atoms with Gasteiger partial charge in [0.15, 0.2) is 0 Å². The third kappa shape index (κ3) is 3.64. The first-order valence-corrected chi connectivity index (χ1v) is 7.51. The van der Waals surface area contributed by atoms with E-state index in [2.05, 4.69) is 40.1 Å². The summed E-state index contributed by atoms with van der Waals surface area (Å²) in [7, 11) is 2.17. The minimum atomic E-state index is -0.176. The van der Waals surface area contributed by atoms with Crippen LogP contribution in [0, 0.1) is 5.82 Å². The molecule has 1 fully saturated rings. The highest BCUT2D eigenvalue weighted by atomic mass is 19.1. The Morgan fingerprint density at radius 1 is 1.05 bits per heavy atom. The summed E-state index contributed by atoms with van der Waals surface area (Å²) < 4.78 is 12.9. The minimum Gasteiger partial charge on any atom is -0.369 e. The Hall–Kier alpha value is -1.81. The van der Waals surface area contributed by atoms with Crippen molar-refractivity contribution < 1.29 is 4.39 Å². The summed E-state index contributed by atoms with van der Waals surface area (Å²) >= 11 is 0. The normalized spacial score (nSPS) is 19.8. The molecule has 3 nitrogen and oxygen atoms in total. The highest BCUT2D eigenvalue weighted by molar-refractivity contribution is 5.23. The van der Waals surface area contributed by atoms with Crippen molar-refractivity contribution >= 4 is 0 Å². The summed E-state index contributed by atoms with van der Waals surface area (Å²) in [5.41, 5.74) is 2.47. The maximum absolute atomic E-state index is 12.9. The van der Waals surface area contributed by atoms with E-state index in [-0.39, 0.29) is 5.82 Å². The molecule has 4 heteroatoms. The molecule has 1 aromatic rings. The third-order valence-corrected chi connectivity index (χ3v) is 4.16. The summed E-state index contributed by atoms with van der Waals surface area (Å²) in [6, 6.07) is 6.74. The van der Waals surface area contributed by atoms with Gasteiger partial charge in [-0.05, 0) is 36.9 Å². The molecule has 0 bridgehead atoms. The van der Waals surface area contributed by atoms with Crippen LogP contribution in [0.25, 0.3) is 0 Å². The Kier molecular flexibility index (Phi) is 4.25. The monoisotopic (exact) mass is 287 g/mol. The summed E-state index contributed by atoms with van der Waals surface area (Å²) in [6.07, 6.45) is 6.63. The lowest BCUT2D eigenvalue weighted by Crippen LogP contribution is -2.44. The van der Waals surface area contributed by atoms with Crippen LogP contribution in [0.1, 0.15) is 5.56 Å². The zero-order valence-corrected chi connectivity index (χ0v) is 12.5. The predicted octanol–water partition coefficient (Wildman–Crippen LogP) is 2.29. The van der Waals surface area contributed by atoms with E-state index in [1.54, 1.807) is 0 Å². The molecule has 2 heterocycles. The molecule has 0 unspecified atom stereocenters. The zero-order valence-electron chi connectivity index (χ0n) is 12.5. The Labute approximate surface area is 125 Å². The second-order valence-electron chi connectivity index (χ2n) is 5.79. The molecule has 0 N–H and O–H groups in total. The van der Waals surface area contributed by atoms with Gasteiger partial charge >= 0.3 is 0 Å². The average Bonchev–Trinajstić information content (AvgIpc) is 2.51. The smallest absolute Gasteiger partial charge is 0.123 e. The van der Waals surface area contributed by atoms with Crippen LogP contribution in [-0.2, 0) is 6.54 Å². The molecular weight excluding hydrogens is 265 g/mol. The molecule has 0 radical (unpaired) electrons. The van der Waals surface area contributed by atoms with E-state index in [0.717, 1.165) is 44.8 Å². The Bertz CT molecular complexity index is 527. The molecule has 1 saturated heterocycles. The van der Waals surface area contributed by atoms with Gasteiger partial charge in [-0.1, -0.05) is 12.1 Å². The molecule has 0 aromatic heterocycles. The third-order valence-electron chi connectivity index (χ3n) is 4.16. The van der Waals surface area contributed by atoms with Crippen LogP contribution in [0.3, 0.4) is 0 Å². The first kappa shape index (κ1) is 14.1. The topological polar surface area (TPSA) is 9.72 Å². The molecule has 21 heavy (non-hydrogen) atoms. The van der Waals surface area contributed by atoms with Gasteiger partial charge in [-0.15, -0.1) is 0 Å². The van der Waals surface area contributed by atoms with Gasteiger partial charge in [0.05, 0.1) is 0 Å². The Morgan fingerprint density at radius 2 is 1.76 bits per heavy atom. The van der Waals surface area contributed by atoms with E-state index in [4.69, 9.17) is 0 Å². The van der Waals surface area contributed by atoms with Crippen molar-refractivity contribution in [2.45, 2.75) is 6.54 Å². The molecule has 0 spiro atoms. The van der Waals surface area contributed by atoms with Gasteiger partial charge in [-0.3, -0.25) is 0 Å². The largest absolute Gasteiger partial charge is 0.369 e. The molecule has 112 valence electrons. The van der Waals surface area contributed by atoms with Crippen molar-refractivity contribution in [3.8, 4) is 0 Å². The lowest BCUT2D eigenvalue weighted by molar-refractivity contribution is 0.188. The molecule has 3 rings (SSSR count). The van der Waals surface area contributed by atoms with Crippen molar-refractivity contribution in [3.05, 3.63) is 59.7 Å². The van der Waals surface area contributed by atoms with Crippen LogP contribution in [0.4, 0.5) is 4.39 Å². The molecule has 0 aliphatic carbocycles. The maximum Gasteiger partial charge on any atom is 0.123 e. The summed E-state index contributed by atoms with van der Waals surface area (Å²) in [6.45, 7) is 6.20. The second-order valence-corrected chi connectivity index (χ2v) is 5.79. The quantitative estimate of drug-likeness (QED) is 0.844. The molecule has 2 aliphatic rings. The fourth-order valence-corrected chi connectivity index (χ4v) is 2.76. The first-order chi connectivity index (χ1) is 10.2. The van der Waals surface area contributed by atoms with Crippen molar-refractivity contribution in [2.24, 2.45) is 0 Å². The molecule has 0 amide bonds. The lowest BCUT2D eigenvalue weighted by atomic mass is 10.2. The number of nitrogens with zero attached hydrogens (tertiary/aromatic N) is 3. The molecule has 0 atom stereocenters. The van der Waals surface area contributed by atoms with Gasteiger partial charge in [-0.2, -0.15) is 0 Å². The average molecular weight is 287 g/mol. The van der Waals surface area contributed by atoms with Gasteiger partial charge in [0.25, 0.3) is 0 Å². The predicted molar refractivity (Wildman–Crippen MR) is 83.1 cm³/mol. The molecule has 1 aromatic carbocycles. The number of halogens is 1. The van der Waals surface area contributed by atoms with Crippen LogP contribution in [0.15, 0.2) is 48.3 Å². The Morgan fingerprint density at radius 3 is 2.38 bits per heavy atom. The lowest BCUT2D eigenvalue weighted by Gasteiger charge is -2.36. The highest BCUT2D eigenvalue weighted by Crippen LogP contribution is 2.16. The van der Waals surface area contributed by atoms with Crippen LogP contribution in [0.2, 0.25) is 0 Å². The number of rotatable bonds is 3. The Balaban J connectivity index is 1.54. The van der Waals surface area contributed by atoms with Gasteiger partial charge < -0.3 is 14.7 Å². The van der Waals surface area contributed by atoms with Crippen LogP contribution >= 0.6 is 0 Å². The number of likely N-dealkylation sites (N-methyl/N-ethyl adjacent to an activating group) is 1. The SMILES string of the molecule is CN1CCN(C2=CCN(Cc3ccc(F)cc3)C=C2)CC1. The summed E-state index contributed by atoms with van der Waals surface area (Å²) in [5, 5.41) is 0. The number of benzene rings is 1. The van der Waals surface area contributed by atoms with Crippen molar-refractivity contribution in [3.63, 3.8) is 0 Å². The van der Waals surface area contributed by atoms with Crippen molar-refractivity contribution in [1.29, 1.82) is 0 Å².